The number of nitrogens with zero attached hydrogens (tertiary/aromatic N) is 2. The van der Waals surface area contributed by atoms with Crippen molar-refractivity contribution in [3.05, 3.63) is 77.6 Å². The highest BCUT2D eigenvalue weighted by Crippen LogP contribution is 2.38. The van der Waals surface area contributed by atoms with E-state index in [1.807, 2.05) is 24.3 Å². The molecule has 1 fully saturated rings. The SMILES string of the molecule is C[C@@H]1C(c2ccccc2)=Cc2nc(-c3ccccc3)[nH]c2C[C@@H]1C(=O)N1CCCC1. The van der Waals surface area contributed by atoms with E-state index in [2.05, 4.69) is 59.3 Å². The molecule has 3 aromatic rings. The predicted octanol–water partition coefficient (Wildman–Crippen LogP) is 5.05. The number of hydrogen-bond donors (Lipinski definition) is 1. The predicted molar refractivity (Wildman–Crippen MR) is 121 cm³/mol. The monoisotopic (exact) mass is 397 g/mol. The zero-order chi connectivity index (χ0) is 20.5. The normalized spacial score (nSPS) is 21.1. The number of hydrogen-bond acceptors (Lipinski definition) is 2. The third-order valence-corrected chi connectivity index (χ3v) is 6.51. The van der Waals surface area contributed by atoms with Gasteiger partial charge in [0.1, 0.15) is 5.82 Å². The minimum atomic E-state index is -0.0834. The number of nitrogens with one attached hydrogen (secondary N) is 1. The molecule has 4 heteroatoms. The number of likely N-dealkylation sites (tertiary alicyclic amines) is 1. The summed E-state index contributed by atoms with van der Waals surface area (Å²) in [5.41, 5.74) is 5.44. The molecule has 0 bridgehead atoms. The van der Waals surface area contributed by atoms with Crippen molar-refractivity contribution in [3.63, 3.8) is 0 Å². The maximum Gasteiger partial charge on any atom is 0.226 e. The molecule has 2 heterocycles. The first-order chi connectivity index (χ1) is 14.7. The van der Waals surface area contributed by atoms with Crippen LogP contribution in [0.25, 0.3) is 23.0 Å². The van der Waals surface area contributed by atoms with Gasteiger partial charge in [0.2, 0.25) is 5.91 Å². The van der Waals surface area contributed by atoms with Gasteiger partial charge in [-0.2, -0.15) is 0 Å². The molecule has 5 rings (SSSR count). The number of rotatable bonds is 3. The lowest BCUT2D eigenvalue weighted by molar-refractivity contribution is -0.135. The minimum absolute atomic E-state index is 0.0834. The number of carbonyl (C=O) groups excluding carboxylic acids is 1. The van der Waals surface area contributed by atoms with E-state index in [1.165, 1.54) is 11.1 Å². The van der Waals surface area contributed by atoms with Crippen LogP contribution in [0.5, 0.6) is 0 Å². The van der Waals surface area contributed by atoms with E-state index < -0.39 is 0 Å². The molecule has 2 atom stereocenters. The molecule has 2 aromatic carbocycles. The van der Waals surface area contributed by atoms with Gasteiger partial charge >= 0.3 is 0 Å². The van der Waals surface area contributed by atoms with Crippen LogP contribution in [0.4, 0.5) is 0 Å². The van der Waals surface area contributed by atoms with Crippen LogP contribution >= 0.6 is 0 Å². The van der Waals surface area contributed by atoms with E-state index in [-0.39, 0.29) is 17.7 Å². The third kappa shape index (κ3) is 3.47. The molecular formula is C26H27N3O. The molecule has 4 nitrogen and oxygen atoms in total. The van der Waals surface area contributed by atoms with E-state index >= 15 is 0 Å². The second kappa shape index (κ2) is 7.94. The second-order valence-corrected chi connectivity index (χ2v) is 8.41. The standard InChI is InChI=1S/C26H27N3O/c1-18-21(19-10-4-2-5-11-19)16-23-24(17-22(18)26(30)29-14-8-9-15-29)28-25(27-23)20-12-6-3-7-13-20/h2-7,10-13,16,18,22H,8-9,14-15,17H2,1H3,(H,27,28)/t18-,22+/m1/s1. The Morgan fingerprint density at radius 3 is 2.27 bits per heavy atom. The molecule has 1 saturated heterocycles. The van der Waals surface area contributed by atoms with Crippen LogP contribution in [-0.2, 0) is 11.2 Å². The maximum absolute atomic E-state index is 13.5. The summed E-state index contributed by atoms with van der Waals surface area (Å²) >= 11 is 0. The fraction of sp³-hybridized carbons (Fsp3) is 0.308. The quantitative estimate of drug-likeness (QED) is 0.672. The summed E-state index contributed by atoms with van der Waals surface area (Å²) in [7, 11) is 0. The molecule has 0 spiro atoms. The fourth-order valence-electron chi connectivity index (χ4n) is 4.77. The molecule has 2 aliphatic rings. The molecule has 30 heavy (non-hydrogen) atoms. The largest absolute Gasteiger partial charge is 0.342 e. The van der Waals surface area contributed by atoms with Gasteiger partial charge in [-0.25, -0.2) is 4.98 Å². The zero-order valence-electron chi connectivity index (χ0n) is 17.3. The van der Waals surface area contributed by atoms with Crippen LogP contribution in [0.3, 0.4) is 0 Å². The van der Waals surface area contributed by atoms with E-state index in [4.69, 9.17) is 4.98 Å². The van der Waals surface area contributed by atoms with Crippen molar-refractivity contribution < 1.29 is 4.79 Å². The molecule has 1 aliphatic carbocycles. The molecule has 0 radical (unpaired) electrons. The molecule has 0 unspecified atom stereocenters. The smallest absolute Gasteiger partial charge is 0.226 e. The molecule has 1 amide bonds. The Balaban J connectivity index is 1.59. The van der Waals surface area contributed by atoms with Crippen LogP contribution in [0.1, 0.15) is 36.7 Å². The lowest BCUT2D eigenvalue weighted by atomic mass is 9.82. The van der Waals surface area contributed by atoms with Crippen molar-refractivity contribution in [2.45, 2.75) is 26.2 Å². The number of aromatic nitrogens is 2. The van der Waals surface area contributed by atoms with E-state index in [0.717, 1.165) is 48.7 Å². The van der Waals surface area contributed by atoms with Crippen molar-refractivity contribution in [2.24, 2.45) is 11.8 Å². The maximum atomic E-state index is 13.5. The Labute approximate surface area is 177 Å². The van der Waals surface area contributed by atoms with Crippen LogP contribution in [-0.4, -0.2) is 33.9 Å². The summed E-state index contributed by atoms with van der Waals surface area (Å²) in [6, 6.07) is 20.6. The van der Waals surface area contributed by atoms with Gasteiger partial charge < -0.3 is 9.88 Å². The Morgan fingerprint density at radius 2 is 1.60 bits per heavy atom. The van der Waals surface area contributed by atoms with Gasteiger partial charge in [-0.3, -0.25) is 4.79 Å². The Morgan fingerprint density at radius 1 is 0.967 bits per heavy atom. The van der Waals surface area contributed by atoms with Gasteiger partial charge in [0.25, 0.3) is 0 Å². The van der Waals surface area contributed by atoms with Crippen molar-refractivity contribution in [3.8, 4) is 11.4 Å². The summed E-state index contributed by atoms with van der Waals surface area (Å²) in [6.45, 7) is 3.97. The lowest BCUT2D eigenvalue weighted by Crippen LogP contribution is -2.38. The van der Waals surface area contributed by atoms with Gasteiger partial charge in [-0.15, -0.1) is 0 Å². The number of imidazole rings is 1. The van der Waals surface area contributed by atoms with Crippen molar-refractivity contribution >= 4 is 17.6 Å². The Kier molecular flexibility index (Phi) is 4.99. The highest BCUT2D eigenvalue weighted by molar-refractivity contribution is 5.89. The van der Waals surface area contributed by atoms with Crippen LogP contribution in [0.15, 0.2) is 60.7 Å². The zero-order valence-corrected chi connectivity index (χ0v) is 17.3. The number of aromatic amines is 1. The number of carbonyl (C=O) groups is 1. The number of benzene rings is 2. The van der Waals surface area contributed by atoms with Gasteiger partial charge in [0, 0.05) is 30.8 Å². The van der Waals surface area contributed by atoms with Crippen LogP contribution in [0.2, 0.25) is 0 Å². The average molecular weight is 398 g/mol. The third-order valence-electron chi connectivity index (χ3n) is 6.51. The second-order valence-electron chi connectivity index (χ2n) is 8.41. The molecule has 152 valence electrons. The summed E-state index contributed by atoms with van der Waals surface area (Å²) < 4.78 is 0. The highest BCUT2D eigenvalue weighted by Gasteiger charge is 2.36. The lowest BCUT2D eigenvalue weighted by Gasteiger charge is -2.28. The number of fused-ring (bicyclic) bond motifs is 1. The van der Waals surface area contributed by atoms with Gasteiger partial charge in [-0.1, -0.05) is 67.6 Å². The van der Waals surface area contributed by atoms with E-state index in [1.54, 1.807) is 0 Å². The number of allylic oxidation sites excluding steroid dienone is 1. The fourth-order valence-corrected chi connectivity index (χ4v) is 4.77. The minimum Gasteiger partial charge on any atom is -0.342 e. The van der Waals surface area contributed by atoms with Gasteiger partial charge in [-0.05, 0) is 36.0 Å². The first-order valence-electron chi connectivity index (χ1n) is 10.9. The molecule has 1 aliphatic heterocycles. The van der Waals surface area contributed by atoms with Crippen molar-refractivity contribution in [1.29, 1.82) is 0 Å². The highest BCUT2D eigenvalue weighted by atomic mass is 16.2. The van der Waals surface area contributed by atoms with E-state index in [0.29, 0.717) is 6.42 Å². The topological polar surface area (TPSA) is 49.0 Å². The van der Waals surface area contributed by atoms with Gasteiger partial charge in [0.15, 0.2) is 0 Å². The summed E-state index contributed by atoms with van der Waals surface area (Å²) in [4.78, 5) is 24.0. The average Bonchev–Trinajstić information content (AvgIpc) is 3.44. The van der Waals surface area contributed by atoms with E-state index in [9.17, 15) is 4.79 Å². The summed E-state index contributed by atoms with van der Waals surface area (Å²) in [5.74, 6) is 1.19. The molecule has 1 aromatic heterocycles. The molecule has 1 N–H and O–H groups in total. The Hall–Kier alpha value is -3.14. The number of H-pyrrole nitrogens is 1. The molecular weight excluding hydrogens is 370 g/mol. The van der Waals surface area contributed by atoms with Crippen LogP contribution in [0, 0.1) is 11.8 Å². The number of amides is 1. The Bertz CT molecular complexity index is 1060. The van der Waals surface area contributed by atoms with Gasteiger partial charge in [0.05, 0.1) is 11.6 Å². The van der Waals surface area contributed by atoms with Crippen LogP contribution < -0.4 is 0 Å². The summed E-state index contributed by atoms with van der Waals surface area (Å²) in [5, 5.41) is 0. The first kappa shape index (κ1) is 18.9. The first-order valence-corrected chi connectivity index (χ1v) is 10.9. The molecule has 0 saturated carbocycles. The van der Waals surface area contributed by atoms with Crippen molar-refractivity contribution in [1.82, 2.24) is 14.9 Å². The van der Waals surface area contributed by atoms with Crippen molar-refractivity contribution in [2.75, 3.05) is 13.1 Å². The summed E-state index contributed by atoms with van der Waals surface area (Å²) in [6.07, 6.45) is 5.11.